The monoisotopic (exact) mass is 279 g/mol. The highest BCUT2D eigenvalue weighted by Gasteiger charge is 2.14. The van der Waals surface area contributed by atoms with Crippen LogP contribution in [0, 0.1) is 0 Å². The number of hydrogen-bond donors (Lipinski definition) is 2. The molecule has 0 aliphatic heterocycles. The highest BCUT2D eigenvalue weighted by molar-refractivity contribution is 7.89. The van der Waals surface area contributed by atoms with Crippen molar-refractivity contribution in [2.24, 2.45) is 0 Å². The van der Waals surface area contributed by atoms with Gasteiger partial charge in [-0.15, -0.1) is 0 Å². The number of hydrogen-bond acceptors (Lipinski definition) is 4. The van der Waals surface area contributed by atoms with Gasteiger partial charge in [0.25, 0.3) is 0 Å². The summed E-state index contributed by atoms with van der Waals surface area (Å²) in [4.78, 5) is 18.0. The summed E-state index contributed by atoms with van der Waals surface area (Å²) in [5.41, 5.74) is 0.477. The van der Waals surface area contributed by atoms with Gasteiger partial charge in [0.2, 0.25) is 10.0 Å². The quantitative estimate of drug-likeness (QED) is 0.801. The average Bonchev–Trinajstić information content (AvgIpc) is 2.90. The summed E-state index contributed by atoms with van der Waals surface area (Å²) in [6.45, 7) is 1.52. The summed E-state index contributed by atoms with van der Waals surface area (Å²) in [5.74, 6) is 0.427. The molecule has 0 saturated carbocycles. The molecule has 7 heteroatoms. The van der Waals surface area contributed by atoms with Crippen LogP contribution in [0.1, 0.15) is 23.1 Å². The maximum atomic E-state index is 12.0. The van der Waals surface area contributed by atoms with Crippen molar-refractivity contribution in [2.75, 3.05) is 0 Å². The SMILES string of the molecule is CC(=O)c1ccc(S(=O)(=O)NCc2ncc[nH]2)cc1. The van der Waals surface area contributed by atoms with Gasteiger partial charge in [0.1, 0.15) is 5.82 Å². The van der Waals surface area contributed by atoms with E-state index in [1.54, 1.807) is 12.4 Å². The number of nitrogens with zero attached hydrogens (tertiary/aromatic N) is 1. The molecule has 0 spiro atoms. The Morgan fingerprint density at radius 3 is 2.53 bits per heavy atom. The molecule has 2 N–H and O–H groups in total. The lowest BCUT2D eigenvalue weighted by Crippen LogP contribution is -2.23. The van der Waals surface area contributed by atoms with E-state index >= 15 is 0 Å². The fourth-order valence-electron chi connectivity index (χ4n) is 1.51. The van der Waals surface area contributed by atoms with Crippen molar-refractivity contribution in [1.29, 1.82) is 0 Å². The van der Waals surface area contributed by atoms with Crippen molar-refractivity contribution in [3.05, 3.63) is 48.0 Å². The number of carbonyl (C=O) groups excluding carboxylic acids is 1. The normalized spacial score (nSPS) is 11.4. The number of rotatable bonds is 5. The molecule has 100 valence electrons. The zero-order valence-corrected chi connectivity index (χ0v) is 11.1. The number of imidazole rings is 1. The second kappa shape index (κ2) is 5.33. The third-order valence-corrected chi connectivity index (χ3v) is 3.97. The summed E-state index contributed by atoms with van der Waals surface area (Å²) in [5, 5.41) is 0. The Balaban J connectivity index is 2.13. The Kier molecular flexibility index (Phi) is 3.77. The number of benzene rings is 1. The summed E-state index contributed by atoms with van der Waals surface area (Å²) in [7, 11) is -3.60. The van der Waals surface area contributed by atoms with Gasteiger partial charge in [-0.05, 0) is 19.1 Å². The largest absolute Gasteiger partial charge is 0.347 e. The highest BCUT2D eigenvalue weighted by Crippen LogP contribution is 2.11. The number of Topliss-reactive ketones (excluding diaryl/α,β-unsaturated/α-hetero) is 1. The van der Waals surface area contributed by atoms with Crippen LogP contribution in [0.25, 0.3) is 0 Å². The molecule has 6 nitrogen and oxygen atoms in total. The van der Waals surface area contributed by atoms with Crippen LogP contribution in [-0.2, 0) is 16.6 Å². The van der Waals surface area contributed by atoms with E-state index in [0.717, 1.165) is 0 Å². The molecular weight excluding hydrogens is 266 g/mol. The highest BCUT2D eigenvalue weighted by atomic mass is 32.2. The molecule has 1 heterocycles. The molecule has 0 radical (unpaired) electrons. The molecule has 0 saturated heterocycles. The van der Waals surface area contributed by atoms with Crippen LogP contribution in [0.15, 0.2) is 41.6 Å². The van der Waals surface area contributed by atoms with Crippen molar-refractivity contribution in [3.63, 3.8) is 0 Å². The lowest BCUT2D eigenvalue weighted by Gasteiger charge is -2.05. The van der Waals surface area contributed by atoms with Crippen molar-refractivity contribution in [1.82, 2.24) is 14.7 Å². The molecule has 19 heavy (non-hydrogen) atoms. The Morgan fingerprint density at radius 1 is 1.32 bits per heavy atom. The van der Waals surface area contributed by atoms with Crippen molar-refractivity contribution < 1.29 is 13.2 Å². The number of nitrogens with one attached hydrogen (secondary N) is 2. The van der Waals surface area contributed by atoms with E-state index in [4.69, 9.17) is 0 Å². The first-order valence-corrected chi connectivity index (χ1v) is 7.06. The van der Waals surface area contributed by atoms with E-state index in [2.05, 4.69) is 14.7 Å². The van der Waals surface area contributed by atoms with E-state index in [1.807, 2.05) is 0 Å². The second-order valence-corrected chi connectivity index (χ2v) is 5.71. The Morgan fingerprint density at radius 2 is 2.00 bits per heavy atom. The minimum absolute atomic E-state index is 0.0871. The van der Waals surface area contributed by atoms with Gasteiger partial charge in [-0.2, -0.15) is 0 Å². The molecule has 0 bridgehead atoms. The molecule has 2 rings (SSSR count). The third-order valence-electron chi connectivity index (χ3n) is 2.56. The first kappa shape index (κ1) is 13.4. The van der Waals surface area contributed by atoms with Crippen LogP contribution in [0.4, 0.5) is 0 Å². The maximum Gasteiger partial charge on any atom is 0.240 e. The number of H-pyrrole nitrogens is 1. The van der Waals surface area contributed by atoms with Crippen LogP contribution < -0.4 is 4.72 Å². The fourth-order valence-corrected chi connectivity index (χ4v) is 2.50. The fraction of sp³-hybridized carbons (Fsp3) is 0.167. The molecule has 1 aromatic carbocycles. The lowest BCUT2D eigenvalue weighted by molar-refractivity contribution is 0.101. The van der Waals surface area contributed by atoms with E-state index in [1.165, 1.54) is 31.2 Å². The minimum atomic E-state index is -3.60. The van der Waals surface area contributed by atoms with Gasteiger partial charge in [-0.3, -0.25) is 4.79 Å². The van der Waals surface area contributed by atoms with Gasteiger partial charge in [0.05, 0.1) is 11.4 Å². The topological polar surface area (TPSA) is 91.9 Å². The van der Waals surface area contributed by atoms with E-state index in [-0.39, 0.29) is 17.2 Å². The first-order valence-electron chi connectivity index (χ1n) is 5.58. The van der Waals surface area contributed by atoms with Crippen LogP contribution in [0.5, 0.6) is 0 Å². The number of carbonyl (C=O) groups is 1. The van der Waals surface area contributed by atoms with Crippen LogP contribution in [0.3, 0.4) is 0 Å². The smallest absolute Gasteiger partial charge is 0.240 e. The Labute approximate surface area is 110 Å². The van der Waals surface area contributed by atoms with Gasteiger partial charge in [-0.1, -0.05) is 12.1 Å². The number of ketones is 1. The molecule has 0 amide bonds. The first-order chi connectivity index (χ1) is 8.99. The van der Waals surface area contributed by atoms with E-state index < -0.39 is 10.0 Å². The molecular formula is C12H13N3O3S. The molecule has 0 fully saturated rings. The summed E-state index contributed by atoms with van der Waals surface area (Å²) < 4.78 is 26.4. The number of sulfonamides is 1. The zero-order chi connectivity index (χ0) is 13.9. The van der Waals surface area contributed by atoms with Crippen LogP contribution >= 0.6 is 0 Å². The van der Waals surface area contributed by atoms with Crippen LogP contribution in [0.2, 0.25) is 0 Å². The molecule has 0 atom stereocenters. The maximum absolute atomic E-state index is 12.0. The predicted molar refractivity (Wildman–Crippen MR) is 69.1 cm³/mol. The summed E-state index contributed by atoms with van der Waals surface area (Å²) in [6, 6.07) is 5.79. The van der Waals surface area contributed by atoms with Crippen molar-refractivity contribution in [3.8, 4) is 0 Å². The lowest BCUT2D eigenvalue weighted by atomic mass is 10.2. The van der Waals surface area contributed by atoms with Gasteiger partial charge in [0, 0.05) is 18.0 Å². The van der Waals surface area contributed by atoms with Crippen molar-refractivity contribution in [2.45, 2.75) is 18.4 Å². The van der Waals surface area contributed by atoms with Gasteiger partial charge in [0.15, 0.2) is 5.78 Å². The zero-order valence-electron chi connectivity index (χ0n) is 10.3. The second-order valence-electron chi connectivity index (χ2n) is 3.94. The molecule has 2 aromatic rings. The molecule has 0 aliphatic carbocycles. The number of aromatic amines is 1. The molecule has 0 aliphatic rings. The van der Waals surface area contributed by atoms with Crippen molar-refractivity contribution >= 4 is 15.8 Å². The third kappa shape index (κ3) is 3.27. The molecule has 1 aromatic heterocycles. The number of aromatic nitrogens is 2. The Hall–Kier alpha value is -1.99. The van der Waals surface area contributed by atoms with Crippen LogP contribution in [-0.4, -0.2) is 24.2 Å². The van der Waals surface area contributed by atoms with Gasteiger partial charge < -0.3 is 4.98 Å². The average molecular weight is 279 g/mol. The summed E-state index contributed by atoms with van der Waals surface area (Å²) in [6.07, 6.45) is 3.16. The summed E-state index contributed by atoms with van der Waals surface area (Å²) >= 11 is 0. The van der Waals surface area contributed by atoms with Gasteiger partial charge >= 0.3 is 0 Å². The minimum Gasteiger partial charge on any atom is -0.347 e. The van der Waals surface area contributed by atoms with E-state index in [0.29, 0.717) is 11.4 Å². The predicted octanol–water partition coefficient (Wildman–Crippen LogP) is 1.09. The standard InChI is InChI=1S/C12H13N3O3S/c1-9(16)10-2-4-11(5-3-10)19(17,18)15-8-12-13-6-7-14-12/h2-7,15H,8H2,1H3,(H,13,14). The Bertz CT molecular complexity index is 661. The molecule has 0 unspecified atom stereocenters. The van der Waals surface area contributed by atoms with Gasteiger partial charge in [-0.25, -0.2) is 18.1 Å². The van der Waals surface area contributed by atoms with E-state index in [9.17, 15) is 13.2 Å².